The van der Waals surface area contributed by atoms with Crippen molar-refractivity contribution in [3.63, 3.8) is 0 Å². The number of halogens is 3. The normalized spacial score (nSPS) is 15.9. The average Bonchev–Trinajstić information content (AvgIpc) is 2.69. The van der Waals surface area contributed by atoms with E-state index >= 15 is 0 Å². The number of rotatable bonds is 5. The van der Waals surface area contributed by atoms with Crippen LogP contribution in [0.5, 0.6) is 0 Å². The Morgan fingerprint density at radius 1 is 1.22 bits per heavy atom. The van der Waals surface area contributed by atoms with Crippen LogP contribution in [0.1, 0.15) is 23.7 Å². The van der Waals surface area contributed by atoms with E-state index in [1.807, 2.05) is 42.3 Å². The Labute approximate surface area is 175 Å². The zero-order valence-electron chi connectivity index (χ0n) is 15.0. The van der Waals surface area contributed by atoms with Crippen molar-refractivity contribution in [1.29, 1.82) is 0 Å². The monoisotopic (exact) mass is 428 g/mol. The predicted octanol–water partition coefficient (Wildman–Crippen LogP) is 4.94. The van der Waals surface area contributed by atoms with Crippen molar-refractivity contribution in [3.8, 4) is 0 Å². The van der Waals surface area contributed by atoms with Crippen molar-refractivity contribution in [2.75, 3.05) is 20.1 Å². The highest BCUT2D eigenvalue weighted by Gasteiger charge is 2.29. The molecule has 27 heavy (non-hydrogen) atoms. The van der Waals surface area contributed by atoms with Gasteiger partial charge in [-0.15, -0.1) is 24.2 Å². The zero-order chi connectivity index (χ0) is 18.5. The van der Waals surface area contributed by atoms with E-state index in [-0.39, 0.29) is 28.6 Å². The minimum atomic E-state index is -0.451. The molecule has 0 spiro atoms. The first-order valence-electron chi connectivity index (χ1n) is 8.71. The van der Waals surface area contributed by atoms with Gasteiger partial charge in [0.05, 0.1) is 5.02 Å². The summed E-state index contributed by atoms with van der Waals surface area (Å²) in [4.78, 5) is 15.9. The number of piperidine rings is 1. The van der Waals surface area contributed by atoms with Crippen LogP contribution in [0.25, 0.3) is 0 Å². The standard InChI is InChI=1S/C20H22ClFN2OS.ClH/c1-23-15-9-11-24(12-10-15)20(25)19(14-5-3-2-4-6-14)26-16-7-8-18(22)17(21)13-16;/h2-8,13,15,19,23H,9-12H2,1H3;1H. The molecule has 0 saturated carbocycles. The maximum atomic E-state index is 13.5. The molecule has 1 atom stereocenters. The number of likely N-dealkylation sites (tertiary alicyclic amines) is 1. The third kappa shape index (κ3) is 5.61. The zero-order valence-corrected chi connectivity index (χ0v) is 17.4. The van der Waals surface area contributed by atoms with Gasteiger partial charge in [-0.1, -0.05) is 41.9 Å². The topological polar surface area (TPSA) is 32.3 Å². The lowest BCUT2D eigenvalue weighted by Crippen LogP contribution is -2.45. The Morgan fingerprint density at radius 3 is 2.48 bits per heavy atom. The predicted molar refractivity (Wildman–Crippen MR) is 112 cm³/mol. The average molecular weight is 429 g/mol. The second-order valence-electron chi connectivity index (χ2n) is 6.37. The Balaban J connectivity index is 0.00000261. The Morgan fingerprint density at radius 2 is 1.89 bits per heavy atom. The number of nitrogens with one attached hydrogen (secondary N) is 1. The molecule has 1 heterocycles. The molecular formula is C20H23Cl2FN2OS. The SMILES string of the molecule is CNC1CCN(C(=O)C(Sc2ccc(F)c(Cl)c2)c2ccccc2)CC1.Cl. The van der Waals surface area contributed by atoms with Gasteiger partial charge in [-0.25, -0.2) is 4.39 Å². The molecule has 0 aliphatic carbocycles. The first-order chi connectivity index (χ1) is 12.6. The third-order valence-electron chi connectivity index (χ3n) is 4.69. The van der Waals surface area contributed by atoms with Crippen molar-refractivity contribution in [3.05, 3.63) is 64.9 Å². The maximum absolute atomic E-state index is 13.5. The molecule has 7 heteroatoms. The van der Waals surface area contributed by atoms with Gasteiger partial charge < -0.3 is 10.2 Å². The quantitative estimate of drug-likeness (QED) is 0.683. The van der Waals surface area contributed by atoms with E-state index < -0.39 is 5.82 Å². The smallest absolute Gasteiger partial charge is 0.240 e. The summed E-state index contributed by atoms with van der Waals surface area (Å²) in [6, 6.07) is 14.8. The van der Waals surface area contributed by atoms with Crippen LogP contribution in [0.4, 0.5) is 4.39 Å². The van der Waals surface area contributed by atoms with Crippen LogP contribution in [0.3, 0.4) is 0 Å². The molecule has 1 N–H and O–H groups in total. The molecule has 2 aromatic rings. The molecule has 3 nitrogen and oxygen atoms in total. The minimum absolute atomic E-state index is 0. The van der Waals surface area contributed by atoms with Crippen molar-refractivity contribution in [2.24, 2.45) is 0 Å². The fourth-order valence-electron chi connectivity index (χ4n) is 3.13. The summed E-state index contributed by atoms with van der Waals surface area (Å²) in [7, 11) is 1.96. The fraction of sp³-hybridized carbons (Fsp3) is 0.350. The first kappa shape index (κ1) is 22.0. The van der Waals surface area contributed by atoms with E-state index in [0.29, 0.717) is 6.04 Å². The second-order valence-corrected chi connectivity index (χ2v) is 7.96. The highest BCUT2D eigenvalue weighted by molar-refractivity contribution is 8.00. The van der Waals surface area contributed by atoms with E-state index in [2.05, 4.69) is 5.32 Å². The van der Waals surface area contributed by atoms with E-state index in [4.69, 9.17) is 11.6 Å². The van der Waals surface area contributed by atoms with E-state index in [0.717, 1.165) is 36.4 Å². The Hall–Kier alpha value is -1.27. The molecule has 1 aliphatic rings. The van der Waals surface area contributed by atoms with Crippen LogP contribution in [-0.2, 0) is 4.79 Å². The van der Waals surface area contributed by atoms with Gasteiger partial charge in [0.2, 0.25) is 5.91 Å². The van der Waals surface area contributed by atoms with Crippen molar-refractivity contribution in [2.45, 2.75) is 29.0 Å². The molecular weight excluding hydrogens is 406 g/mol. The highest BCUT2D eigenvalue weighted by Crippen LogP contribution is 2.38. The van der Waals surface area contributed by atoms with Gasteiger partial charge in [0, 0.05) is 24.0 Å². The molecule has 2 aromatic carbocycles. The number of carbonyl (C=O) groups excluding carboxylic acids is 1. The molecule has 1 fully saturated rings. The number of hydrogen-bond acceptors (Lipinski definition) is 3. The van der Waals surface area contributed by atoms with Crippen molar-refractivity contribution < 1.29 is 9.18 Å². The molecule has 146 valence electrons. The summed E-state index contributed by atoms with van der Waals surface area (Å²) in [6.45, 7) is 1.50. The van der Waals surface area contributed by atoms with Gasteiger partial charge in [0.25, 0.3) is 0 Å². The van der Waals surface area contributed by atoms with Gasteiger partial charge in [-0.05, 0) is 43.7 Å². The summed E-state index contributed by atoms with van der Waals surface area (Å²) in [6.07, 6.45) is 1.91. The molecule has 1 saturated heterocycles. The summed E-state index contributed by atoms with van der Waals surface area (Å²) in [5.41, 5.74) is 0.943. The van der Waals surface area contributed by atoms with E-state index in [1.54, 1.807) is 12.1 Å². The highest BCUT2D eigenvalue weighted by atomic mass is 35.5. The summed E-state index contributed by atoms with van der Waals surface area (Å²) < 4.78 is 13.5. The Bertz CT molecular complexity index is 755. The summed E-state index contributed by atoms with van der Waals surface area (Å²) >= 11 is 7.33. The summed E-state index contributed by atoms with van der Waals surface area (Å²) in [5.74, 6) is -0.357. The van der Waals surface area contributed by atoms with E-state index in [1.165, 1.54) is 17.8 Å². The molecule has 0 bridgehead atoms. The number of benzene rings is 2. The van der Waals surface area contributed by atoms with Crippen LogP contribution in [0.15, 0.2) is 53.4 Å². The number of nitrogens with zero attached hydrogens (tertiary/aromatic N) is 1. The maximum Gasteiger partial charge on any atom is 0.240 e. The molecule has 0 aromatic heterocycles. The lowest BCUT2D eigenvalue weighted by Gasteiger charge is -2.34. The van der Waals surface area contributed by atoms with E-state index in [9.17, 15) is 9.18 Å². The number of thioether (sulfide) groups is 1. The van der Waals surface area contributed by atoms with Crippen molar-refractivity contribution >= 4 is 41.7 Å². The largest absolute Gasteiger partial charge is 0.341 e. The van der Waals surface area contributed by atoms with Gasteiger partial charge in [0.15, 0.2) is 0 Å². The van der Waals surface area contributed by atoms with Crippen LogP contribution < -0.4 is 5.32 Å². The van der Waals surface area contributed by atoms with Crippen LogP contribution in [0, 0.1) is 5.82 Å². The molecule has 1 unspecified atom stereocenters. The minimum Gasteiger partial charge on any atom is -0.341 e. The molecule has 1 aliphatic heterocycles. The molecule has 0 radical (unpaired) electrons. The van der Waals surface area contributed by atoms with Gasteiger partial charge in [-0.2, -0.15) is 0 Å². The van der Waals surface area contributed by atoms with Crippen molar-refractivity contribution in [1.82, 2.24) is 10.2 Å². The number of amides is 1. The number of carbonyl (C=O) groups is 1. The molecule has 1 amide bonds. The Kier molecular flexibility index (Phi) is 8.42. The van der Waals surface area contributed by atoms with Crippen LogP contribution >= 0.6 is 35.8 Å². The third-order valence-corrected chi connectivity index (χ3v) is 6.21. The van der Waals surface area contributed by atoms with Gasteiger partial charge in [0.1, 0.15) is 11.1 Å². The molecule has 3 rings (SSSR count). The van der Waals surface area contributed by atoms with Gasteiger partial charge in [-0.3, -0.25) is 4.79 Å². The fourth-order valence-corrected chi connectivity index (χ4v) is 4.52. The first-order valence-corrected chi connectivity index (χ1v) is 9.97. The van der Waals surface area contributed by atoms with Gasteiger partial charge >= 0.3 is 0 Å². The van der Waals surface area contributed by atoms with Crippen LogP contribution in [-0.4, -0.2) is 37.0 Å². The number of hydrogen-bond donors (Lipinski definition) is 1. The van der Waals surface area contributed by atoms with Crippen LogP contribution in [0.2, 0.25) is 5.02 Å². The lowest BCUT2D eigenvalue weighted by atomic mass is 10.0. The summed E-state index contributed by atoms with van der Waals surface area (Å²) in [5, 5.41) is 2.98. The lowest BCUT2D eigenvalue weighted by molar-refractivity contribution is -0.131. The second kappa shape index (κ2) is 10.3.